The Morgan fingerprint density at radius 1 is 1.16 bits per heavy atom. The summed E-state index contributed by atoms with van der Waals surface area (Å²) in [4.78, 5) is 24.4. The Kier molecular flexibility index (Phi) is 4.83. The van der Waals surface area contributed by atoms with Gasteiger partial charge in [-0.15, -0.1) is 0 Å². The molecule has 0 unspecified atom stereocenters. The highest BCUT2D eigenvalue weighted by Crippen LogP contribution is 2.31. The van der Waals surface area contributed by atoms with Crippen LogP contribution in [0.1, 0.15) is 12.5 Å². The summed E-state index contributed by atoms with van der Waals surface area (Å²) < 4.78 is 10.9. The van der Waals surface area contributed by atoms with E-state index < -0.39 is 4.92 Å². The molecule has 0 spiro atoms. The van der Waals surface area contributed by atoms with Crippen molar-refractivity contribution in [1.29, 1.82) is 0 Å². The van der Waals surface area contributed by atoms with E-state index >= 15 is 0 Å². The van der Waals surface area contributed by atoms with Gasteiger partial charge in [-0.1, -0.05) is 6.07 Å². The van der Waals surface area contributed by atoms with Gasteiger partial charge in [0.15, 0.2) is 6.61 Å². The van der Waals surface area contributed by atoms with E-state index in [9.17, 15) is 14.9 Å². The molecule has 3 rings (SSSR count). The number of hydrogen-bond donors (Lipinski definition) is 0. The van der Waals surface area contributed by atoms with Gasteiger partial charge in [-0.3, -0.25) is 14.9 Å². The molecule has 1 amide bonds. The lowest BCUT2D eigenvalue weighted by atomic mass is 10.1. The van der Waals surface area contributed by atoms with Crippen LogP contribution < -0.4 is 14.4 Å². The molecule has 0 aliphatic carbocycles. The van der Waals surface area contributed by atoms with Gasteiger partial charge in [0.05, 0.1) is 17.2 Å². The van der Waals surface area contributed by atoms with E-state index in [1.807, 2.05) is 6.92 Å². The van der Waals surface area contributed by atoms with Gasteiger partial charge in [0.1, 0.15) is 11.5 Å². The molecule has 0 bridgehead atoms. The molecule has 0 saturated heterocycles. The molecule has 0 N–H and O–H groups in total. The number of non-ortho nitro benzene ring substituents is 1. The van der Waals surface area contributed by atoms with Crippen LogP contribution in [0.2, 0.25) is 0 Å². The molecule has 1 aliphatic rings. The molecule has 2 aromatic rings. The summed E-state index contributed by atoms with van der Waals surface area (Å²) in [6, 6.07) is 11.6. The van der Waals surface area contributed by atoms with Gasteiger partial charge in [0, 0.05) is 18.7 Å². The van der Waals surface area contributed by atoms with E-state index in [-0.39, 0.29) is 18.2 Å². The second-order valence-corrected chi connectivity index (χ2v) is 5.56. The minimum Gasteiger partial charge on any atom is -0.494 e. The van der Waals surface area contributed by atoms with Gasteiger partial charge < -0.3 is 14.4 Å². The summed E-state index contributed by atoms with van der Waals surface area (Å²) in [5, 5.41) is 10.9. The topological polar surface area (TPSA) is 81.9 Å². The number of nitro groups is 1. The highest BCUT2D eigenvalue weighted by atomic mass is 16.6. The lowest BCUT2D eigenvalue weighted by Gasteiger charge is -2.17. The predicted octanol–water partition coefficient (Wildman–Crippen LogP) is 2.96. The average molecular weight is 342 g/mol. The van der Waals surface area contributed by atoms with Gasteiger partial charge in [-0.2, -0.15) is 0 Å². The highest BCUT2D eigenvalue weighted by Gasteiger charge is 2.26. The second-order valence-electron chi connectivity index (χ2n) is 5.56. The molecule has 7 nitrogen and oxygen atoms in total. The van der Waals surface area contributed by atoms with Crippen LogP contribution in [-0.2, 0) is 11.2 Å². The largest absolute Gasteiger partial charge is 0.494 e. The van der Waals surface area contributed by atoms with Crippen LogP contribution in [0.25, 0.3) is 0 Å². The summed E-state index contributed by atoms with van der Waals surface area (Å²) in [5.74, 6) is 1.07. The number of fused-ring (bicyclic) bond motifs is 1. The van der Waals surface area contributed by atoms with Crippen LogP contribution in [-0.4, -0.2) is 30.6 Å². The first-order valence-corrected chi connectivity index (χ1v) is 8.02. The lowest BCUT2D eigenvalue weighted by molar-refractivity contribution is -0.384. The number of amides is 1. The number of nitro benzene ring substituents is 1. The molecule has 1 heterocycles. The fourth-order valence-corrected chi connectivity index (χ4v) is 2.76. The Hall–Kier alpha value is -3.09. The van der Waals surface area contributed by atoms with Gasteiger partial charge in [-0.25, -0.2) is 0 Å². The van der Waals surface area contributed by atoms with E-state index in [1.165, 1.54) is 17.0 Å². The summed E-state index contributed by atoms with van der Waals surface area (Å²) in [6.45, 7) is 2.86. The van der Waals surface area contributed by atoms with Crippen molar-refractivity contribution in [3.05, 3.63) is 58.1 Å². The van der Waals surface area contributed by atoms with Crippen molar-refractivity contribution < 1.29 is 19.2 Å². The number of rotatable bonds is 6. The fourth-order valence-electron chi connectivity index (χ4n) is 2.76. The maximum absolute atomic E-state index is 12.4. The number of benzene rings is 2. The fraction of sp³-hybridized carbons (Fsp3) is 0.278. The van der Waals surface area contributed by atoms with Crippen LogP contribution in [0.5, 0.6) is 11.5 Å². The first-order valence-electron chi connectivity index (χ1n) is 8.02. The average Bonchev–Trinajstić information content (AvgIpc) is 3.04. The zero-order valence-electron chi connectivity index (χ0n) is 13.8. The van der Waals surface area contributed by atoms with E-state index in [4.69, 9.17) is 9.47 Å². The van der Waals surface area contributed by atoms with Crippen molar-refractivity contribution in [2.24, 2.45) is 0 Å². The van der Waals surface area contributed by atoms with E-state index in [2.05, 4.69) is 0 Å². The SMILES string of the molecule is CCOc1ccc(OCC(=O)N2CCc3ccc([N+](=O)[O-])cc32)cc1. The van der Waals surface area contributed by atoms with Gasteiger partial charge in [0.25, 0.3) is 11.6 Å². The van der Waals surface area contributed by atoms with E-state index in [1.54, 1.807) is 30.3 Å². The minimum atomic E-state index is -0.461. The van der Waals surface area contributed by atoms with Gasteiger partial charge in [0.2, 0.25) is 0 Å². The Bertz CT molecular complexity index is 789. The van der Waals surface area contributed by atoms with Gasteiger partial charge in [-0.05, 0) is 43.2 Å². The highest BCUT2D eigenvalue weighted by molar-refractivity contribution is 5.96. The summed E-state index contributed by atoms with van der Waals surface area (Å²) in [6.07, 6.45) is 0.683. The number of carbonyl (C=O) groups excluding carboxylic acids is 1. The maximum Gasteiger partial charge on any atom is 0.271 e. The number of hydrogen-bond acceptors (Lipinski definition) is 5. The molecule has 1 aliphatic heterocycles. The molecule has 7 heteroatoms. The maximum atomic E-state index is 12.4. The monoisotopic (exact) mass is 342 g/mol. The van der Waals surface area contributed by atoms with Crippen molar-refractivity contribution >= 4 is 17.3 Å². The summed E-state index contributed by atoms with van der Waals surface area (Å²) in [7, 11) is 0. The van der Waals surface area contributed by atoms with Crippen LogP contribution in [0.15, 0.2) is 42.5 Å². The molecule has 2 aromatic carbocycles. The second kappa shape index (κ2) is 7.21. The molecule has 25 heavy (non-hydrogen) atoms. The number of anilines is 1. The molecular weight excluding hydrogens is 324 g/mol. The number of nitrogens with zero attached hydrogens (tertiary/aromatic N) is 2. The van der Waals surface area contributed by atoms with Crippen LogP contribution in [0.3, 0.4) is 0 Å². The normalized spacial score (nSPS) is 12.6. The van der Waals surface area contributed by atoms with Crippen molar-refractivity contribution in [3.63, 3.8) is 0 Å². The molecule has 0 radical (unpaired) electrons. The Balaban J connectivity index is 1.65. The molecular formula is C18H18N2O5. The zero-order chi connectivity index (χ0) is 17.8. The van der Waals surface area contributed by atoms with Crippen molar-refractivity contribution in [2.45, 2.75) is 13.3 Å². The van der Waals surface area contributed by atoms with Crippen molar-refractivity contribution in [3.8, 4) is 11.5 Å². The first kappa shape index (κ1) is 16.8. The predicted molar refractivity (Wildman–Crippen MR) is 92.3 cm³/mol. The zero-order valence-corrected chi connectivity index (χ0v) is 13.8. The lowest BCUT2D eigenvalue weighted by Crippen LogP contribution is -2.33. The quantitative estimate of drug-likeness (QED) is 0.595. The Labute approximate surface area is 144 Å². The molecule has 0 aromatic heterocycles. The van der Waals surface area contributed by atoms with Crippen LogP contribution >= 0.6 is 0 Å². The summed E-state index contributed by atoms with van der Waals surface area (Å²) in [5.41, 5.74) is 1.50. The smallest absolute Gasteiger partial charge is 0.271 e. The summed E-state index contributed by atoms with van der Waals surface area (Å²) >= 11 is 0. The first-order chi connectivity index (χ1) is 12.1. The minimum absolute atomic E-state index is 0.0223. The van der Waals surface area contributed by atoms with E-state index in [0.29, 0.717) is 31.0 Å². The molecule has 0 atom stereocenters. The number of carbonyl (C=O) groups is 1. The van der Waals surface area contributed by atoms with Crippen LogP contribution in [0.4, 0.5) is 11.4 Å². The third kappa shape index (κ3) is 3.71. The van der Waals surface area contributed by atoms with Crippen LogP contribution in [0, 0.1) is 10.1 Å². The molecule has 130 valence electrons. The Morgan fingerprint density at radius 2 is 1.84 bits per heavy atom. The third-order valence-corrected chi connectivity index (χ3v) is 3.97. The third-order valence-electron chi connectivity index (χ3n) is 3.97. The molecule has 0 saturated carbocycles. The standard InChI is InChI=1S/C18H18N2O5/c1-2-24-15-5-7-16(8-6-15)25-12-18(21)19-10-9-13-3-4-14(20(22)23)11-17(13)19/h3-8,11H,2,9-10,12H2,1H3. The van der Waals surface area contributed by atoms with E-state index in [0.717, 1.165) is 11.3 Å². The Morgan fingerprint density at radius 3 is 2.48 bits per heavy atom. The number of ether oxygens (including phenoxy) is 2. The molecule has 0 fully saturated rings. The van der Waals surface area contributed by atoms with Gasteiger partial charge >= 0.3 is 0 Å². The van der Waals surface area contributed by atoms with Crippen molar-refractivity contribution in [1.82, 2.24) is 0 Å². The van der Waals surface area contributed by atoms with Crippen molar-refractivity contribution in [2.75, 3.05) is 24.7 Å².